The summed E-state index contributed by atoms with van der Waals surface area (Å²) in [5, 5.41) is 7.89. The minimum Gasteiger partial charge on any atom is -0.350 e. The van der Waals surface area contributed by atoms with E-state index in [-0.39, 0.29) is 12.3 Å². The van der Waals surface area contributed by atoms with Crippen LogP contribution in [0.2, 0.25) is 0 Å². The average molecular weight is 253 g/mol. The standard InChI is InChI=1S/C13H23N3O2/c1-3-6-14-11(10-13-17-8-9-18-13)12-5-7-15-16(12)4-2/h5,7,11,13-14H,3-4,6,8-10H2,1-2H3. The van der Waals surface area contributed by atoms with E-state index in [0.717, 1.165) is 25.9 Å². The molecule has 0 saturated carbocycles. The van der Waals surface area contributed by atoms with E-state index in [4.69, 9.17) is 9.47 Å². The first-order valence-corrected chi connectivity index (χ1v) is 6.83. The molecule has 1 saturated heterocycles. The third kappa shape index (κ3) is 3.31. The minimum absolute atomic E-state index is 0.0837. The van der Waals surface area contributed by atoms with Gasteiger partial charge in [-0.2, -0.15) is 5.10 Å². The van der Waals surface area contributed by atoms with E-state index in [2.05, 4.69) is 30.3 Å². The first kappa shape index (κ1) is 13.5. The summed E-state index contributed by atoms with van der Waals surface area (Å²) in [6.07, 6.45) is 3.73. The zero-order valence-corrected chi connectivity index (χ0v) is 11.3. The van der Waals surface area contributed by atoms with E-state index < -0.39 is 0 Å². The van der Waals surface area contributed by atoms with Gasteiger partial charge in [0, 0.05) is 19.2 Å². The quantitative estimate of drug-likeness (QED) is 0.803. The Bertz CT molecular complexity index is 348. The molecule has 18 heavy (non-hydrogen) atoms. The van der Waals surface area contributed by atoms with Gasteiger partial charge in [-0.15, -0.1) is 0 Å². The molecule has 0 bridgehead atoms. The predicted molar refractivity (Wildman–Crippen MR) is 69.2 cm³/mol. The lowest BCUT2D eigenvalue weighted by atomic mass is 10.1. The van der Waals surface area contributed by atoms with Gasteiger partial charge in [0.15, 0.2) is 6.29 Å². The van der Waals surface area contributed by atoms with E-state index in [1.54, 1.807) is 0 Å². The molecular weight excluding hydrogens is 230 g/mol. The molecule has 1 unspecified atom stereocenters. The molecule has 1 N–H and O–H groups in total. The van der Waals surface area contributed by atoms with Crippen molar-refractivity contribution in [3.63, 3.8) is 0 Å². The van der Waals surface area contributed by atoms with Gasteiger partial charge in [-0.3, -0.25) is 4.68 Å². The molecule has 1 aliphatic rings. The van der Waals surface area contributed by atoms with Crippen molar-refractivity contribution < 1.29 is 9.47 Å². The fourth-order valence-corrected chi connectivity index (χ4v) is 2.27. The summed E-state index contributed by atoms with van der Waals surface area (Å²) in [7, 11) is 0. The lowest BCUT2D eigenvalue weighted by Gasteiger charge is -2.22. The molecule has 1 fully saturated rings. The van der Waals surface area contributed by atoms with Crippen LogP contribution in [0.5, 0.6) is 0 Å². The Hall–Kier alpha value is -0.910. The second-order valence-electron chi connectivity index (χ2n) is 4.49. The van der Waals surface area contributed by atoms with E-state index in [9.17, 15) is 0 Å². The van der Waals surface area contributed by atoms with Crippen molar-refractivity contribution in [2.24, 2.45) is 0 Å². The second-order valence-corrected chi connectivity index (χ2v) is 4.49. The van der Waals surface area contributed by atoms with Crippen LogP contribution in [0.3, 0.4) is 0 Å². The largest absolute Gasteiger partial charge is 0.350 e. The molecule has 0 aliphatic carbocycles. The van der Waals surface area contributed by atoms with Gasteiger partial charge in [0.25, 0.3) is 0 Å². The number of hydrogen-bond acceptors (Lipinski definition) is 4. The van der Waals surface area contributed by atoms with Crippen LogP contribution in [0, 0.1) is 0 Å². The van der Waals surface area contributed by atoms with Crippen LogP contribution in [0.1, 0.15) is 38.4 Å². The third-order valence-corrected chi connectivity index (χ3v) is 3.17. The first-order valence-electron chi connectivity index (χ1n) is 6.83. The predicted octanol–water partition coefficient (Wildman–Crippen LogP) is 1.71. The van der Waals surface area contributed by atoms with Crippen molar-refractivity contribution in [1.29, 1.82) is 0 Å². The third-order valence-electron chi connectivity index (χ3n) is 3.17. The lowest BCUT2D eigenvalue weighted by Crippen LogP contribution is -2.28. The van der Waals surface area contributed by atoms with Gasteiger partial charge in [0.05, 0.1) is 24.9 Å². The molecule has 5 nitrogen and oxygen atoms in total. The van der Waals surface area contributed by atoms with Gasteiger partial charge in [-0.05, 0) is 26.0 Å². The molecule has 1 aromatic heterocycles. The number of rotatable bonds is 7. The van der Waals surface area contributed by atoms with Crippen LogP contribution in [0.25, 0.3) is 0 Å². The Morgan fingerprint density at radius 3 is 2.89 bits per heavy atom. The van der Waals surface area contributed by atoms with E-state index >= 15 is 0 Å². The molecule has 0 radical (unpaired) electrons. The number of aromatic nitrogens is 2. The van der Waals surface area contributed by atoms with Crippen molar-refractivity contribution in [2.45, 2.75) is 45.6 Å². The Morgan fingerprint density at radius 1 is 1.44 bits per heavy atom. The summed E-state index contributed by atoms with van der Waals surface area (Å²) in [5.41, 5.74) is 1.21. The Balaban J connectivity index is 2.03. The Morgan fingerprint density at radius 2 is 2.22 bits per heavy atom. The molecule has 2 heterocycles. The second kappa shape index (κ2) is 6.87. The number of nitrogens with zero attached hydrogens (tertiary/aromatic N) is 2. The average Bonchev–Trinajstić information content (AvgIpc) is 3.04. The number of ether oxygens (including phenoxy) is 2. The Kier molecular flexibility index (Phi) is 5.16. The smallest absolute Gasteiger partial charge is 0.159 e. The SMILES string of the molecule is CCCNC(CC1OCCO1)c1ccnn1CC. The summed E-state index contributed by atoms with van der Waals surface area (Å²) >= 11 is 0. The Labute approximate surface area is 108 Å². The van der Waals surface area contributed by atoms with Crippen LogP contribution in [0.4, 0.5) is 0 Å². The van der Waals surface area contributed by atoms with Gasteiger partial charge < -0.3 is 14.8 Å². The summed E-state index contributed by atoms with van der Waals surface area (Å²) in [4.78, 5) is 0. The number of aryl methyl sites for hydroxylation is 1. The highest BCUT2D eigenvalue weighted by molar-refractivity contribution is 5.07. The van der Waals surface area contributed by atoms with Crippen molar-refractivity contribution >= 4 is 0 Å². The first-order chi connectivity index (χ1) is 8.85. The zero-order valence-electron chi connectivity index (χ0n) is 11.3. The molecule has 5 heteroatoms. The van der Waals surface area contributed by atoms with Crippen LogP contribution >= 0.6 is 0 Å². The molecule has 2 rings (SSSR count). The van der Waals surface area contributed by atoms with E-state index in [1.807, 2.05) is 10.9 Å². The highest BCUT2D eigenvalue weighted by Gasteiger charge is 2.24. The van der Waals surface area contributed by atoms with Crippen LogP contribution < -0.4 is 5.32 Å². The highest BCUT2D eigenvalue weighted by atomic mass is 16.7. The molecular formula is C13H23N3O2. The monoisotopic (exact) mass is 253 g/mol. The maximum Gasteiger partial charge on any atom is 0.159 e. The maximum atomic E-state index is 5.54. The lowest BCUT2D eigenvalue weighted by molar-refractivity contribution is -0.0534. The summed E-state index contributed by atoms with van der Waals surface area (Å²) in [5.74, 6) is 0. The van der Waals surface area contributed by atoms with Gasteiger partial charge in [-0.1, -0.05) is 6.92 Å². The number of hydrogen-bond donors (Lipinski definition) is 1. The van der Waals surface area contributed by atoms with E-state index in [0.29, 0.717) is 13.2 Å². The minimum atomic E-state index is -0.0837. The molecule has 0 spiro atoms. The van der Waals surface area contributed by atoms with Crippen molar-refractivity contribution in [1.82, 2.24) is 15.1 Å². The van der Waals surface area contributed by atoms with Gasteiger partial charge in [0.1, 0.15) is 0 Å². The van der Waals surface area contributed by atoms with Gasteiger partial charge in [-0.25, -0.2) is 0 Å². The topological polar surface area (TPSA) is 48.3 Å². The summed E-state index contributed by atoms with van der Waals surface area (Å²) in [6, 6.07) is 2.32. The van der Waals surface area contributed by atoms with Crippen LogP contribution in [-0.2, 0) is 16.0 Å². The van der Waals surface area contributed by atoms with E-state index in [1.165, 1.54) is 5.69 Å². The fraction of sp³-hybridized carbons (Fsp3) is 0.769. The number of nitrogens with one attached hydrogen (secondary N) is 1. The summed E-state index contributed by atoms with van der Waals surface area (Å²) < 4.78 is 13.1. The van der Waals surface area contributed by atoms with Gasteiger partial charge >= 0.3 is 0 Å². The molecule has 0 aromatic carbocycles. The van der Waals surface area contributed by atoms with Gasteiger partial charge in [0.2, 0.25) is 0 Å². The maximum absolute atomic E-state index is 5.54. The molecule has 1 aliphatic heterocycles. The van der Waals surface area contributed by atoms with Crippen molar-refractivity contribution in [3.05, 3.63) is 18.0 Å². The normalized spacial score (nSPS) is 18.3. The summed E-state index contributed by atoms with van der Waals surface area (Å²) in [6.45, 7) is 7.57. The fourth-order valence-electron chi connectivity index (χ4n) is 2.27. The van der Waals surface area contributed by atoms with Crippen molar-refractivity contribution in [2.75, 3.05) is 19.8 Å². The highest BCUT2D eigenvalue weighted by Crippen LogP contribution is 2.22. The molecule has 1 atom stereocenters. The molecule has 0 amide bonds. The zero-order chi connectivity index (χ0) is 12.8. The molecule has 102 valence electrons. The van der Waals surface area contributed by atoms with Crippen LogP contribution in [-0.4, -0.2) is 35.8 Å². The van der Waals surface area contributed by atoms with Crippen molar-refractivity contribution in [3.8, 4) is 0 Å². The van der Waals surface area contributed by atoms with Crippen LogP contribution in [0.15, 0.2) is 12.3 Å². The molecule has 1 aromatic rings.